The summed E-state index contributed by atoms with van der Waals surface area (Å²) in [7, 11) is 0. The van der Waals surface area contributed by atoms with E-state index in [-0.39, 0.29) is 0 Å². The summed E-state index contributed by atoms with van der Waals surface area (Å²) in [5.74, 6) is 0. The molecular formula is C10H9Cl2N. The van der Waals surface area contributed by atoms with Gasteiger partial charge in [0.15, 0.2) is 0 Å². The molecule has 13 heavy (non-hydrogen) atoms. The highest BCUT2D eigenvalue weighted by molar-refractivity contribution is 6.45. The second kappa shape index (κ2) is 3.24. The van der Waals surface area contributed by atoms with Gasteiger partial charge in [-0.2, -0.15) is 0 Å². The molecule has 0 aliphatic carbocycles. The van der Waals surface area contributed by atoms with Gasteiger partial charge in [0.2, 0.25) is 0 Å². The highest BCUT2D eigenvalue weighted by Crippen LogP contribution is 2.33. The molecule has 1 aromatic carbocycles. The minimum atomic E-state index is 0.630. The fraction of sp³-hybridized carbons (Fsp3) is 0.200. The lowest BCUT2D eigenvalue weighted by Gasteiger charge is -2.00. The van der Waals surface area contributed by atoms with Gasteiger partial charge in [0.1, 0.15) is 5.15 Å². The summed E-state index contributed by atoms with van der Waals surface area (Å²) in [6, 6.07) is 7.96. The van der Waals surface area contributed by atoms with Crippen molar-refractivity contribution in [3.63, 3.8) is 0 Å². The van der Waals surface area contributed by atoms with Gasteiger partial charge in [-0.3, -0.25) is 0 Å². The van der Waals surface area contributed by atoms with Crippen LogP contribution < -0.4 is 0 Å². The van der Waals surface area contributed by atoms with Crippen LogP contribution in [-0.2, 0) is 6.54 Å². The molecule has 0 atom stereocenters. The molecule has 0 spiro atoms. The third-order valence-corrected chi connectivity index (χ3v) is 3.04. The number of hydrogen-bond acceptors (Lipinski definition) is 0. The fourth-order valence-corrected chi connectivity index (χ4v) is 2.11. The Balaban J connectivity index is 2.90. The smallest absolute Gasteiger partial charge is 0.128 e. The second-order valence-electron chi connectivity index (χ2n) is 2.87. The van der Waals surface area contributed by atoms with Crippen molar-refractivity contribution < 1.29 is 0 Å². The molecule has 1 aromatic heterocycles. The molecule has 0 bridgehead atoms. The number of halogens is 2. The van der Waals surface area contributed by atoms with E-state index in [1.54, 1.807) is 0 Å². The molecule has 0 amide bonds. The van der Waals surface area contributed by atoms with Gasteiger partial charge in [-0.15, -0.1) is 0 Å². The SMILES string of the molecule is CCn1c(Cl)c(Cl)c2ccccc21. The zero-order chi connectivity index (χ0) is 9.42. The Morgan fingerprint density at radius 2 is 1.92 bits per heavy atom. The summed E-state index contributed by atoms with van der Waals surface area (Å²) in [6.07, 6.45) is 0. The van der Waals surface area contributed by atoms with Crippen molar-refractivity contribution in [1.82, 2.24) is 4.57 Å². The minimum Gasteiger partial charge on any atom is -0.331 e. The molecule has 0 saturated heterocycles. The quantitative estimate of drug-likeness (QED) is 0.676. The first-order valence-corrected chi connectivity index (χ1v) is 4.93. The van der Waals surface area contributed by atoms with E-state index >= 15 is 0 Å². The van der Waals surface area contributed by atoms with Crippen molar-refractivity contribution in [2.24, 2.45) is 0 Å². The van der Waals surface area contributed by atoms with Gasteiger partial charge in [0, 0.05) is 11.9 Å². The summed E-state index contributed by atoms with van der Waals surface area (Å²) < 4.78 is 2.00. The zero-order valence-corrected chi connectivity index (χ0v) is 8.73. The van der Waals surface area contributed by atoms with Crippen LogP contribution >= 0.6 is 23.2 Å². The summed E-state index contributed by atoms with van der Waals surface area (Å²) in [4.78, 5) is 0. The molecule has 3 heteroatoms. The predicted octanol–water partition coefficient (Wildman–Crippen LogP) is 3.97. The van der Waals surface area contributed by atoms with Gasteiger partial charge in [-0.1, -0.05) is 41.4 Å². The van der Waals surface area contributed by atoms with Crippen LogP contribution in [-0.4, -0.2) is 4.57 Å². The molecule has 1 heterocycles. The van der Waals surface area contributed by atoms with Crippen LogP contribution in [0.25, 0.3) is 10.9 Å². The maximum atomic E-state index is 6.07. The van der Waals surface area contributed by atoms with Crippen molar-refractivity contribution >= 4 is 34.1 Å². The predicted molar refractivity (Wildman–Crippen MR) is 57.6 cm³/mol. The number of nitrogens with zero attached hydrogens (tertiary/aromatic N) is 1. The number of fused-ring (bicyclic) bond motifs is 1. The normalized spacial score (nSPS) is 11.0. The Hall–Kier alpha value is -0.660. The van der Waals surface area contributed by atoms with Crippen LogP contribution in [0.15, 0.2) is 24.3 Å². The van der Waals surface area contributed by atoms with Crippen molar-refractivity contribution in [3.8, 4) is 0 Å². The number of benzene rings is 1. The van der Waals surface area contributed by atoms with E-state index in [2.05, 4.69) is 6.92 Å². The lowest BCUT2D eigenvalue weighted by atomic mass is 10.2. The number of rotatable bonds is 1. The first-order valence-electron chi connectivity index (χ1n) is 4.18. The van der Waals surface area contributed by atoms with Crippen LogP contribution in [0.3, 0.4) is 0 Å². The largest absolute Gasteiger partial charge is 0.331 e. The van der Waals surface area contributed by atoms with Crippen LogP contribution in [0.5, 0.6) is 0 Å². The topological polar surface area (TPSA) is 4.93 Å². The Morgan fingerprint density at radius 3 is 2.62 bits per heavy atom. The van der Waals surface area contributed by atoms with Gasteiger partial charge >= 0.3 is 0 Å². The Kier molecular flexibility index (Phi) is 2.22. The molecule has 2 aromatic rings. The van der Waals surface area contributed by atoms with E-state index in [1.165, 1.54) is 0 Å². The first-order chi connectivity index (χ1) is 6.25. The van der Waals surface area contributed by atoms with E-state index < -0.39 is 0 Å². The third-order valence-electron chi connectivity index (χ3n) is 2.17. The van der Waals surface area contributed by atoms with Gasteiger partial charge < -0.3 is 4.57 Å². The molecule has 1 nitrogen and oxygen atoms in total. The number of aromatic nitrogens is 1. The molecular weight excluding hydrogens is 205 g/mol. The number of hydrogen-bond donors (Lipinski definition) is 0. The number of aryl methyl sites for hydroxylation is 1. The van der Waals surface area contributed by atoms with Crippen LogP contribution in [0.4, 0.5) is 0 Å². The molecule has 0 radical (unpaired) electrons. The lowest BCUT2D eigenvalue weighted by Crippen LogP contribution is -1.92. The molecule has 0 aliphatic heterocycles. The average molecular weight is 214 g/mol. The molecule has 68 valence electrons. The van der Waals surface area contributed by atoms with Crippen LogP contribution in [0.2, 0.25) is 10.2 Å². The van der Waals surface area contributed by atoms with Gasteiger partial charge in [-0.05, 0) is 13.0 Å². The van der Waals surface area contributed by atoms with E-state index in [1.807, 2.05) is 28.8 Å². The average Bonchev–Trinajstić information content (AvgIpc) is 2.41. The lowest BCUT2D eigenvalue weighted by molar-refractivity contribution is 0.798. The van der Waals surface area contributed by atoms with Gasteiger partial charge in [0.05, 0.1) is 10.5 Å². The molecule has 2 rings (SSSR count). The molecule has 0 aliphatic rings. The Morgan fingerprint density at radius 1 is 1.23 bits per heavy atom. The Labute approximate surface area is 86.9 Å². The standard InChI is InChI=1S/C10H9Cl2N/c1-2-13-8-6-4-3-5-7(8)9(11)10(13)12/h3-6H,2H2,1H3. The maximum Gasteiger partial charge on any atom is 0.128 e. The highest BCUT2D eigenvalue weighted by atomic mass is 35.5. The molecule has 0 unspecified atom stereocenters. The highest BCUT2D eigenvalue weighted by Gasteiger charge is 2.11. The fourth-order valence-electron chi connectivity index (χ4n) is 1.54. The Bertz CT molecular complexity index is 445. The first kappa shape index (κ1) is 8.92. The minimum absolute atomic E-state index is 0.630. The monoisotopic (exact) mass is 213 g/mol. The van der Waals surface area contributed by atoms with Crippen molar-refractivity contribution in [2.45, 2.75) is 13.5 Å². The van der Waals surface area contributed by atoms with Crippen molar-refractivity contribution in [3.05, 3.63) is 34.4 Å². The summed E-state index contributed by atoms with van der Waals surface area (Å²) in [5.41, 5.74) is 1.10. The summed E-state index contributed by atoms with van der Waals surface area (Å²) in [6.45, 7) is 2.89. The van der Waals surface area contributed by atoms with Crippen molar-refractivity contribution in [1.29, 1.82) is 0 Å². The summed E-state index contributed by atoms with van der Waals surface area (Å²) >= 11 is 12.1. The number of para-hydroxylation sites is 1. The van der Waals surface area contributed by atoms with E-state index in [0.29, 0.717) is 10.2 Å². The van der Waals surface area contributed by atoms with E-state index in [0.717, 1.165) is 17.4 Å². The second-order valence-corrected chi connectivity index (χ2v) is 3.60. The summed E-state index contributed by atoms with van der Waals surface area (Å²) in [5, 5.41) is 2.31. The van der Waals surface area contributed by atoms with Gasteiger partial charge in [0.25, 0.3) is 0 Å². The van der Waals surface area contributed by atoms with Gasteiger partial charge in [-0.25, -0.2) is 0 Å². The molecule has 0 saturated carbocycles. The molecule has 0 N–H and O–H groups in total. The van der Waals surface area contributed by atoms with Crippen LogP contribution in [0.1, 0.15) is 6.92 Å². The van der Waals surface area contributed by atoms with E-state index in [4.69, 9.17) is 23.2 Å². The molecule has 0 fully saturated rings. The van der Waals surface area contributed by atoms with Crippen molar-refractivity contribution in [2.75, 3.05) is 0 Å². The zero-order valence-electron chi connectivity index (χ0n) is 7.22. The van der Waals surface area contributed by atoms with E-state index in [9.17, 15) is 0 Å². The van der Waals surface area contributed by atoms with Crippen LogP contribution in [0, 0.1) is 0 Å². The third kappa shape index (κ3) is 1.23. The maximum absolute atomic E-state index is 6.07.